The number of nitrogens with one attached hydrogen (secondary N) is 3. The van der Waals surface area contributed by atoms with Crippen molar-refractivity contribution in [2.45, 2.75) is 45.5 Å². The third-order valence-electron chi connectivity index (χ3n) is 4.58. The summed E-state index contributed by atoms with van der Waals surface area (Å²) in [5.74, 6) is -8.28. The van der Waals surface area contributed by atoms with E-state index >= 15 is 0 Å². The molecule has 2 amide bonds. The Morgan fingerprint density at radius 3 is 1.95 bits per heavy atom. The Balaban J connectivity index is 0.00000201. The van der Waals surface area contributed by atoms with Crippen LogP contribution in [0.15, 0.2) is 29.3 Å². The number of hydrogen-bond donors (Lipinski definition) is 7. The van der Waals surface area contributed by atoms with Crippen molar-refractivity contribution in [2.24, 2.45) is 22.4 Å². The molecule has 0 heterocycles. The number of alkyl halides is 3. The van der Waals surface area contributed by atoms with E-state index in [9.17, 15) is 37.1 Å². The van der Waals surface area contributed by atoms with E-state index in [1.165, 1.54) is 24.3 Å². The molecule has 0 radical (unpaired) electrons. The first-order chi connectivity index (χ1) is 18.9. The van der Waals surface area contributed by atoms with E-state index in [2.05, 4.69) is 20.9 Å². The van der Waals surface area contributed by atoms with Crippen molar-refractivity contribution in [1.82, 2.24) is 16.0 Å². The van der Waals surface area contributed by atoms with Crippen LogP contribution >= 0.6 is 0 Å². The monoisotopic (exact) mass is 592 g/mol. The highest BCUT2D eigenvalue weighted by Gasteiger charge is 2.38. The van der Waals surface area contributed by atoms with Gasteiger partial charge >= 0.3 is 30.1 Å². The summed E-state index contributed by atoms with van der Waals surface area (Å²) in [6, 6.07) is 2.87. The summed E-state index contributed by atoms with van der Waals surface area (Å²) in [6.07, 6.45) is -5.79. The summed E-state index contributed by atoms with van der Waals surface area (Å²) in [4.78, 5) is 73.4. The Labute approximate surface area is 231 Å². The first-order valence-corrected chi connectivity index (χ1v) is 11.7. The number of carbonyl (C=O) groups is 6. The molecule has 1 aromatic rings. The molecule has 0 saturated heterocycles. The number of aliphatic imine (C=N–C) groups is 1. The summed E-state index contributed by atoms with van der Waals surface area (Å²) < 4.78 is 36.6. The second-order valence-corrected chi connectivity index (χ2v) is 8.32. The molecule has 0 aromatic heterocycles. The Bertz CT molecular complexity index is 1120. The average molecular weight is 593 g/mol. The smallest absolute Gasteiger partial charge is 0.481 e. The molecule has 0 aliphatic carbocycles. The van der Waals surface area contributed by atoms with Crippen LogP contribution in [0.3, 0.4) is 0 Å². The molecule has 0 bridgehead atoms. The second-order valence-electron chi connectivity index (χ2n) is 8.32. The molecular weight excluding hydrogens is 561 g/mol. The van der Waals surface area contributed by atoms with Gasteiger partial charge in [0.15, 0.2) is 5.96 Å². The molecule has 1 rings (SSSR count). The number of esters is 2. The summed E-state index contributed by atoms with van der Waals surface area (Å²) in [5.41, 5.74) is 11.0. The summed E-state index contributed by atoms with van der Waals surface area (Å²) >= 11 is 0. The molecular formula is C23H31F3N6O9. The van der Waals surface area contributed by atoms with Crippen LogP contribution in [0.25, 0.3) is 0 Å². The van der Waals surface area contributed by atoms with Crippen LogP contribution in [0.2, 0.25) is 0 Å². The molecule has 1 aromatic carbocycles. The molecule has 9 N–H and O–H groups in total. The van der Waals surface area contributed by atoms with Crippen molar-refractivity contribution in [3.05, 3.63) is 29.8 Å². The molecule has 2 atom stereocenters. The standard InChI is InChI=1S/C21H30N6O7.C2HF3O2/c1-4-24-10-15(28)26-14(9-16(29)30)18(31)27-17(11(2)3)20(33)34-19(32)12-5-7-13(8-6-12)25-21(22)23;3-2(4,5)1(6)7/h5-8,11,14,17,24H,4,9-10H2,1-3H3,(H,26,28)(H,27,31)(H,29,30)(H4,22,23,25);(H,6,7)/t14-,17-;/m0./s1. The van der Waals surface area contributed by atoms with E-state index < -0.39 is 66.3 Å². The number of hydrogen-bond acceptors (Lipinski definition) is 9. The lowest BCUT2D eigenvalue weighted by Gasteiger charge is -2.23. The number of rotatable bonds is 12. The number of benzene rings is 1. The van der Waals surface area contributed by atoms with Gasteiger partial charge in [-0.25, -0.2) is 19.4 Å². The molecule has 0 aliphatic rings. The number of carbonyl (C=O) groups excluding carboxylic acids is 4. The first kappa shape index (κ1) is 36.3. The molecule has 41 heavy (non-hydrogen) atoms. The maximum Gasteiger partial charge on any atom is 0.490 e. The minimum atomic E-state index is -5.08. The Morgan fingerprint density at radius 2 is 1.54 bits per heavy atom. The fourth-order valence-electron chi connectivity index (χ4n) is 2.65. The average Bonchev–Trinajstić information content (AvgIpc) is 2.84. The fourth-order valence-corrected chi connectivity index (χ4v) is 2.65. The number of amides is 2. The van der Waals surface area contributed by atoms with Crippen molar-refractivity contribution in [2.75, 3.05) is 13.1 Å². The van der Waals surface area contributed by atoms with Crippen molar-refractivity contribution >= 4 is 47.3 Å². The fraction of sp³-hybridized carbons (Fsp3) is 0.435. The first-order valence-electron chi connectivity index (χ1n) is 11.7. The van der Waals surface area contributed by atoms with Crippen molar-refractivity contribution in [3.63, 3.8) is 0 Å². The van der Waals surface area contributed by atoms with E-state index in [1.54, 1.807) is 20.8 Å². The van der Waals surface area contributed by atoms with Crippen LogP contribution in [0.4, 0.5) is 18.9 Å². The number of nitrogens with two attached hydrogens (primary N) is 2. The minimum Gasteiger partial charge on any atom is -0.481 e. The maximum absolute atomic E-state index is 12.7. The van der Waals surface area contributed by atoms with Gasteiger partial charge in [0, 0.05) is 0 Å². The number of aliphatic carboxylic acids is 2. The Morgan fingerprint density at radius 1 is 1.00 bits per heavy atom. The summed E-state index contributed by atoms with van der Waals surface area (Å²) in [7, 11) is 0. The zero-order valence-corrected chi connectivity index (χ0v) is 22.2. The third kappa shape index (κ3) is 14.8. The van der Waals surface area contributed by atoms with Gasteiger partial charge in [0.1, 0.15) is 12.1 Å². The van der Waals surface area contributed by atoms with Gasteiger partial charge in [-0.1, -0.05) is 20.8 Å². The number of carboxylic acid groups (broad SMARTS) is 2. The lowest BCUT2D eigenvalue weighted by atomic mass is 10.0. The predicted octanol–water partition coefficient (Wildman–Crippen LogP) is -0.382. The number of guanidine groups is 1. The van der Waals surface area contributed by atoms with Crippen molar-refractivity contribution < 1.29 is 56.9 Å². The molecule has 0 aliphatic heterocycles. The van der Waals surface area contributed by atoms with E-state index in [0.29, 0.717) is 12.2 Å². The van der Waals surface area contributed by atoms with E-state index in [-0.39, 0.29) is 18.1 Å². The zero-order valence-electron chi connectivity index (χ0n) is 22.2. The number of likely N-dealkylation sites (N-methyl/N-ethyl adjacent to an activating group) is 1. The number of nitrogens with zero attached hydrogens (tertiary/aromatic N) is 1. The number of ether oxygens (including phenoxy) is 1. The maximum atomic E-state index is 12.7. The van der Waals surface area contributed by atoms with E-state index in [4.69, 9.17) is 31.2 Å². The molecule has 18 heteroatoms. The highest BCUT2D eigenvalue weighted by atomic mass is 19.4. The van der Waals surface area contributed by atoms with E-state index in [1.807, 2.05) is 0 Å². The Kier molecular flexibility index (Phi) is 15.1. The molecule has 0 fully saturated rings. The van der Waals surface area contributed by atoms with Crippen LogP contribution in [-0.4, -0.2) is 83.2 Å². The topological polar surface area (TPSA) is 253 Å². The van der Waals surface area contributed by atoms with Crippen molar-refractivity contribution in [3.8, 4) is 0 Å². The number of carboxylic acids is 2. The summed E-state index contributed by atoms with van der Waals surface area (Å²) in [5, 5.41) is 23.6. The van der Waals surface area contributed by atoms with Crippen LogP contribution in [0.1, 0.15) is 37.6 Å². The molecule has 0 unspecified atom stereocenters. The highest BCUT2D eigenvalue weighted by Crippen LogP contribution is 2.15. The van der Waals surface area contributed by atoms with Gasteiger partial charge in [-0.05, 0) is 36.7 Å². The van der Waals surface area contributed by atoms with Crippen LogP contribution in [-0.2, 0) is 28.7 Å². The lowest BCUT2D eigenvalue weighted by molar-refractivity contribution is -0.192. The highest BCUT2D eigenvalue weighted by molar-refractivity contribution is 6.00. The van der Waals surface area contributed by atoms with Gasteiger partial charge in [-0.2, -0.15) is 13.2 Å². The third-order valence-corrected chi connectivity index (χ3v) is 4.58. The molecule has 228 valence electrons. The van der Waals surface area contributed by atoms with Crippen LogP contribution in [0, 0.1) is 5.92 Å². The predicted molar refractivity (Wildman–Crippen MR) is 136 cm³/mol. The lowest BCUT2D eigenvalue weighted by Crippen LogP contribution is -2.55. The van der Waals surface area contributed by atoms with Gasteiger partial charge in [-0.15, -0.1) is 0 Å². The minimum absolute atomic E-state index is 0.0381. The zero-order chi connectivity index (χ0) is 31.9. The molecule has 15 nitrogen and oxygen atoms in total. The van der Waals surface area contributed by atoms with Crippen LogP contribution < -0.4 is 27.4 Å². The second kappa shape index (κ2) is 17.1. The van der Waals surface area contributed by atoms with Gasteiger partial charge in [-0.3, -0.25) is 14.4 Å². The van der Waals surface area contributed by atoms with Crippen LogP contribution in [0.5, 0.6) is 0 Å². The van der Waals surface area contributed by atoms with Gasteiger partial charge in [0.25, 0.3) is 0 Å². The van der Waals surface area contributed by atoms with Gasteiger partial charge in [0.05, 0.1) is 24.2 Å². The quantitative estimate of drug-likeness (QED) is 0.0710. The Hall–Kier alpha value is -4.74. The SMILES string of the molecule is CCNCC(=O)N[C@@H](CC(=O)O)C(=O)N[C@H](C(=O)OC(=O)c1ccc(N=C(N)N)cc1)C(C)C.O=C(O)C(F)(F)F. The van der Waals surface area contributed by atoms with E-state index in [0.717, 1.165) is 0 Å². The largest absolute Gasteiger partial charge is 0.490 e. The van der Waals surface area contributed by atoms with Gasteiger partial charge in [0.2, 0.25) is 11.8 Å². The molecule has 0 spiro atoms. The van der Waals surface area contributed by atoms with Gasteiger partial charge < -0.3 is 42.4 Å². The number of halogens is 3. The normalized spacial score (nSPS) is 12.1. The molecule has 0 saturated carbocycles. The van der Waals surface area contributed by atoms with Crippen molar-refractivity contribution in [1.29, 1.82) is 0 Å². The summed E-state index contributed by atoms with van der Waals surface area (Å²) in [6.45, 7) is 5.34.